The Balaban J connectivity index is 2.27. The highest BCUT2D eigenvalue weighted by Gasteiger charge is 2.30. The van der Waals surface area contributed by atoms with E-state index in [1.165, 1.54) is 6.42 Å². The summed E-state index contributed by atoms with van der Waals surface area (Å²) < 4.78 is 0. The molecule has 2 rings (SSSR count). The molecule has 1 aromatic heterocycles. The van der Waals surface area contributed by atoms with Crippen molar-refractivity contribution in [2.24, 2.45) is 0 Å². The standard InChI is InChI=1S/C11H16ClN3/c1-8(2)15-7-3-4-9(15)10-11(12)14-6-5-13-10/h5-6,8-9H,3-4,7H2,1-2H3/t9-/m0/s1. The lowest BCUT2D eigenvalue weighted by atomic mass is 10.1. The zero-order valence-electron chi connectivity index (χ0n) is 9.15. The fourth-order valence-electron chi connectivity index (χ4n) is 2.26. The van der Waals surface area contributed by atoms with Crippen LogP contribution in [0.2, 0.25) is 5.15 Å². The Bertz CT molecular complexity index is 340. The number of hydrogen-bond acceptors (Lipinski definition) is 3. The van der Waals surface area contributed by atoms with Gasteiger partial charge >= 0.3 is 0 Å². The van der Waals surface area contributed by atoms with Crippen LogP contribution in [0.15, 0.2) is 12.4 Å². The first-order valence-electron chi connectivity index (χ1n) is 5.42. The third kappa shape index (κ3) is 2.13. The van der Waals surface area contributed by atoms with E-state index in [0.29, 0.717) is 17.2 Å². The van der Waals surface area contributed by atoms with Crippen molar-refractivity contribution in [1.29, 1.82) is 0 Å². The van der Waals surface area contributed by atoms with Gasteiger partial charge in [-0.25, -0.2) is 4.98 Å². The van der Waals surface area contributed by atoms with Crippen LogP contribution in [0.25, 0.3) is 0 Å². The minimum atomic E-state index is 0.353. The number of likely N-dealkylation sites (tertiary alicyclic amines) is 1. The van der Waals surface area contributed by atoms with Crippen molar-refractivity contribution in [3.63, 3.8) is 0 Å². The van der Waals surface area contributed by atoms with E-state index in [4.69, 9.17) is 11.6 Å². The molecule has 3 nitrogen and oxygen atoms in total. The molecule has 1 fully saturated rings. The molecule has 2 heterocycles. The van der Waals surface area contributed by atoms with Crippen LogP contribution in [0.4, 0.5) is 0 Å². The summed E-state index contributed by atoms with van der Waals surface area (Å²) in [7, 11) is 0. The predicted octanol–water partition coefficient (Wildman–Crippen LogP) is 2.68. The molecule has 4 heteroatoms. The highest BCUT2D eigenvalue weighted by Crippen LogP contribution is 2.34. The molecular formula is C11H16ClN3. The van der Waals surface area contributed by atoms with E-state index >= 15 is 0 Å². The lowest BCUT2D eigenvalue weighted by Crippen LogP contribution is -2.30. The van der Waals surface area contributed by atoms with Crippen LogP contribution in [0.1, 0.15) is 38.4 Å². The number of halogens is 1. The molecule has 1 atom stereocenters. The second-order valence-electron chi connectivity index (χ2n) is 4.22. The molecule has 1 saturated heterocycles. The fourth-order valence-corrected chi connectivity index (χ4v) is 2.49. The Labute approximate surface area is 95.5 Å². The smallest absolute Gasteiger partial charge is 0.152 e. The molecule has 0 N–H and O–H groups in total. The number of rotatable bonds is 2. The minimum Gasteiger partial charge on any atom is -0.292 e. The summed E-state index contributed by atoms with van der Waals surface area (Å²) >= 11 is 6.07. The van der Waals surface area contributed by atoms with Gasteiger partial charge in [-0.2, -0.15) is 0 Å². The largest absolute Gasteiger partial charge is 0.292 e. The summed E-state index contributed by atoms with van der Waals surface area (Å²) in [5, 5.41) is 0.551. The number of nitrogens with zero attached hydrogens (tertiary/aromatic N) is 3. The molecule has 0 spiro atoms. The lowest BCUT2D eigenvalue weighted by Gasteiger charge is -2.27. The van der Waals surface area contributed by atoms with Crippen molar-refractivity contribution in [3.05, 3.63) is 23.2 Å². The van der Waals surface area contributed by atoms with Crippen LogP contribution < -0.4 is 0 Å². The maximum atomic E-state index is 6.07. The number of hydrogen-bond donors (Lipinski definition) is 0. The molecular weight excluding hydrogens is 210 g/mol. The Morgan fingerprint density at radius 1 is 1.40 bits per heavy atom. The summed E-state index contributed by atoms with van der Waals surface area (Å²) in [6, 6.07) is 0.891. The lowest BCUT2D eigenvalue weighted by molar-refractivity contribution is 0.202. The van der Waals surface area contributed by atoms with Gasteiger partial charge in [0.05, 0.1) is 11.7 Å². The van der Waals surface area contributed by atoms with E-state index in [1.54, 1.807) is 12.4 Å². The van der Waals surface area contributed by atoms with Crippen molar-refractivity contribution in [2.75, 3.05) is 6.54 Å². The van der Waals surface area contributed by atoms with Crippen LogP contribution >= 0.6 is 11.6 Å². The van der Waals surface area contributed by atoms with Crippen LogP contribution in [0.3, 0.4) is 0 Å². The number of aromatic nitrogens is 2. The Morgan fingerprint density at radius 2 is 2.13 bits per heavy atom. The first-order chi connectivity index (χ1) is 7.20. The summed E-state index contributed by atoms with van der Waals surface area (Å²) in [5.74, 6) is 0. The summed E-state index contributed by atoms with van der Waals surface area (Å²) in [6.07, 6.45) is 5.71. The van der Waals surface area contributed by atoms with Crippen molar-refractivity contribution in [2.45, 2.75) is 38.8 Å². The van der Waals surface area contributed by atoms with Gasteiger partial charge in [-0.15, -0.1) is 0 Å². The minimum absolute atomic E-state index is 0.353. The Kier molecular flexibility index (Phi) is 3.22. The van der Waals surface area contributed by atoms with Crippen LogP contribution in [-0.2, 0) is 0 Å². The van der Waals surface area contributed by atoms with Crippen molar-refractivity contribution < 1.29 is 0 Å². The maximum absolute atomic E-state index is 6.07. The van der Waals surface area contributed by atoms with Gasteiger partial charge < -0.3 is 0 Å². The molecule has 0 saturated carbocycles. The van der Waals surface area contributed by atoms with Gasteiger partial charge in [-0.05, 0) is 33.2 Å². The SMILES string of the molecule is CC(C)N1CCC[C@H]1c1nccnc1Cl. The van der Waals surface area contributed by atoms with Gasteiger partial charge in [0, 0.05) is 18.4 Å². The van der Waals surface area contributed by atoms with Crippen LogP contribution in [-0.4, -0.2) is 27.5 Å². The topological polar surface area (TPSA) is 29.0 Å². The van der Waals surface area contributed by atoms with Crippen LogP contribution in [0, 0.1) is 0 Å². The second-order valence-corrected chi connectivity index (χ2v) is 4.58. The molecule has 0 bridgehead atoms. The van der Waals surface area contributed by atoms with E-state index in [0.717, 1.165) is 18.7 Å². The van der Waals surface area contributed by atoms with Gasteiger partial charge in [-0.3, -0.25) is 9.88 Å². The molecule has 0 radical (unpaired) electrons. The molecule has 1 aliphatic heterocycles. The third-order valence-electron chi connectivity index (χ3n) is 2.95. The maximum Gasteiger partial charge on any atom is 0.152 e. The molecule has 0 unspecified atom stereocenters. The third-order valence-corrected chi connectivity index (χ3v) is 3.24. The van der Waals surface area contributed by atoms with E-state index < -0.39 is 0 Å². The van der Waals surface area contributed by atoms with Gasteiger partial charge in [0.2, 0.25) is 0 Å². The van der Waals surface area contributed by atoms with Crippen LogP contribution in [0.5, 0.6) is 0 Å². The normalized spacial score (nSPS) is 22.5. The summed E-state index contributed by atoms with van der Waals surface area (Å²) in [4.78, 5) is 10.9. The molecule has 82 valence electrons. The average Bonchev–Trinajstić information content (AvgIpc) is 2.67. The zero-order valence-corrected chi connectivity index (χ0v) is 9.91. The van der Waals surface area contributed by atoms with E-state index in [1.807, 2.05) is 0 Å². The molecule has 1 aliphatic rings. The van der Waals surface area contributed by atoms with Gasteiger partial charge in [-0.1, -0.05) is 11.6 Å². The van der Waals surface area contributed by atoms with Crippen molar-refractivity contribution >= 4 is 11.6 Å². The Morgan fingerprint density at radius 3 is 2.80 bits per heavy atom. The molecule has 0 amide bonds. The van der Waals surface area contributed by atoms with E-state index in [2.05, 4.69) is 28.7 Å². The first kappa shape index (κ1) is 10.8. The highest BCUT2D eigenvalue weighted by atomic mass is 35.5. The van der Waals surface area contributed by atoms with Crippen molar-refractivity contribution in [1.82, 2.24) is 14.9 Å². The summed E-state index contributed by atoms with van der Waals surface area (Å²) in [5.41, 5.74) is 0.936. The zero-order chi connectivity index (χ0) is 10.8. The van der Waals surface area contributed by atoms with Gasteiger partial charge in [0.15, 0.2) is 5.15 Å². The summed E-state index contributed by atoms with van der Waals surface area (Å²) in [6.45, 7) is 5.56. The highest BCUT2D eigenvalue weighted by molar-refractivity contribution is 6.30. The second kappa shape index (κ2) is 4.45. The Hall–Kier alpha value is -0.670. The average molecular weight is 226 g/mol. The first-order valence-corrected chi connectivity index (χ1v) is 5.80. The van der Waals surface area contributed by atoms with E-state index in [9.17, 15) is 0 Å². The van der Waals surface area contributed by atoms with Gasteiger partial charge in [0.1, 0.15) is 0 Å². The predicted molar refractivity (Wildman–Crippen MR) is 60.9 cm³/mol. The molecule has 0 aromatic carbocycles. The molecule has 1 aromatic rings. The monoisotopic (exact) mass is 225 g/mol. The quantitative estimate of drug-likeness (QED) is 0.775. The fraction of sp³-hybridized carbons (Fsp3) is 0.636. The van der Waals surface area contributed by atoms with E-state index in [-0.39, 0.29) is 0 Å². The van der Waals surface area contributed by atoms with Gasteiger partial charge in [0.25, 0.3) is 0 Å². The molecule has 15 heavy (non-hydrogen) atoms. The van der Waals surface area contributed by atoms with Crippen molar-refractivity contribution in [3.8, 4) is 0 Å². The molecule has 0 aliphatic carbocycles.